The highest BCUT2D eigenvalue weighted by Crippen LogP contribution is 2.16. The molecule has 3 nitrogen and oxygen atoms in total. The highest BCUT2D eigenvalue weighted by Gasteiger charge is 2.18. The normalized spacial score (nSPS) is 19.7. The minimum absolute atomic E-state index is 0.365. The van der Waals surface area contributed by atoms with Crippen LogP contribution in [-0.2, 0) is 6.54 Å². The summed E-state index contributed by atoms with van der Waals surface area (Å²) in [4.78, 5) is 4.90. The lowest BCUT2D eigenvalue weighted by Crippen LogP contribution is -2.47. The van der Waals surface area contributed by atoms with Gasteiger partial charge in [-0.05, 0) is 24.6 Å². The monoisotopic (exact) mass is 266 g/mol. The van der Waals surface area contributed by atoms with Gasteiger partial charge in [-0.25, -0.2) is 0 Å². The SMILES string of the molecule is COc1cccc(CN2CCN(C(C)S)CC2)c1. The van der Waals surface area contributed by atoms with Crippen molar-refractivity contribution in [1.29, 1.82) is 0 Å². The zero-order chi connectivity index (χ0) is 13.0. The van der Waals surface area contributed by atoms with Crippen molar-refractivity contribution in [3.8, 4) is 5.75 Å². The van der Waals surface area contributed by atoms with E-state index in [1.807, 2.05) is 6.07 Å². The molecule has 1 aliphatic rings. The van der Waals surface area contributed by atoms with Crippen molar-refractivity contribution in [2.75, 3.05) is 33.3 Å². The zero-order valence-electron chi connectivity index (χ0n) is 11.2. The van der Waals surface area contributed by atoms with E-state index in [1.54, 1.807) is 7.11 Å². The van der Waals surface area contributed by atoms with Gasteiger partial charge >= 0.3 is 0 Å². The van der Waals surface area contributed by atoms with Gasteiger partial charge in [0, 0.05) is 38.1 Å². The van der Waals surface area contributed by atoms with Crippen LogP contribution in [0.4, 0.5) is 0 Å². The Hall–Kier alpha value is -0.710. The van der Waals surface area contributed by atoms with Crippen molar-refractivity contribution in [3.63, 3.8) is 0 Å². The van der Waals surface area contributed by atoms with E-state index in [4.69, 9.17) is 4.74 Å². The summed E-state index contributed by atoms with van der Waals surface area (Å²) >= 11 is 4.49. The smallest absolute Gasteiger partial charge is 0.119 e. The standard InChI is InChI=1S/C14H22N2OS/c1-12(18)16-8-6-15(7-9-16)11-13-4-3-5-14(10-13)17-2/h3-5,10,12,18H,6-9,11H2,1-2H3. The largest absolute Gasteiger partial charge is 0.497 e. The number of hydrogen-bond donors (Lipinski definition) is 1. The average Bonchev–Trinajstić information content (AvgIpc) is 2.39. The second-order valence-corrected chi connectivity index (χ2v) is 5.54. The molecule has 1 saturated heterocycles. The Bertz CT molecular complexity index is 376. The van der Waals surface area contributed by atoms with Gasteiger partial charge in [-0.15, -0.1) is 0 Å². The van der Waals surface area contributed by atoms with E-state index < -0.39 is 0 Å². The second-order valence-electron chi connectivity index (χ2n) is 4.80. The first-order chi connectivity index (χ1) is 8.69. The van der Waals surface area contributed by atoms with E-state index in [0.717, 1.165) is 38.5 Å². The molecule has 1 fully saturated rings. The first-order valence-corrected chi connectivity index (χ1v) is 6.98. The highest BCUT2D eigenvalue weighted by atomic mass is 32.1. The van der Waals surface area contributed by atoms with Crippen molar-refractivity contribution in [2.24, 2.45) is 0 Å². The molecule has 1 unspecified atom stereocenters. The fourth-order valence-corrected chi connectivity index (χ4v) is 2.56. The summed E-state index contributed by atoms with van der Waals surface area (Å²) in [6.45, 7) is 7.58. The third-order valence-corrected chi connectivity index (χ3v) is 3.80. The molecule has 1 aliphatic heterocycles. The van der Waals surface area contributed by atoms with Crippen LogP contribution in [0.1, 0.15) is 12.5 Å². The number of benzene rings is 1. The summed E-state index contributed by atoms with van der Waals surface area (Å²) in [5.74, 6) is 0.940. The molecule has 18 heavy (non-hydrogen) atoms. The summed E-state index contributed by atoms with van der Waals surface area (Å²) in [5, 5.41) is 0.365. The van der Waals surface area contributed by atoms with E-state index in [0.29, 0.717) is 5.37 Å². The van der Waals surface area contributed by atoms with Crippen molar-refractivity contribution in [2.45, 2.75) is 18.8 Å². The van der Waals surface area contributed by atoms with Crippen molar-refractivity contribution in [3.05, 3.63) is 29.8 Å². The average molecular weight is 266 g/mol. The van der Waals surface area contributed by atoms with Gasteiger partial charge in [0.1, 0.15) is 5.75 Å². The third kappa shape index (κ3) is 3.64. The summed E-state index contributed by atoms with van der Waals surface area (Å²) in [5.41, 5.74) is 1.32. The Morgan fingerprint density at radius 1 is 1.28 bits per heavy atom. The Balaban J connectivity index is 1.87. The number of rotatable bonds is 4. The first kappa shape index (κ1) is 13.7. The van der Waals surface area contributed by atoms with Gasteiger partial charge in [0.2, 0.25) is 0 Å². The molecule has 0 aromatic heterocycles. The molecule has 1 aromatic carbocycles. The van der Waals surface area contributed by atoms with Crippen molar-refractivity contribution in [1.82, 2.24) is 9.80 Å². The van der Waals surface area contributed by atoms with Crippen LogP contribution >= 0.6 is 12.6 Å². The summed E-state index contributed by atoms with van der Waals surface area (Å²) in [7, 11) is 1.71. The number of ether oxygens (including phenoxy) is 1. The maximum Gasteiger partial charge on any atom is 0.119 e. The van der Waals surface area contributed by atoms with Crippen LogP contribution in [-0.4, -0.2) is 48.5 Å². The second kappa shape index (κ2) is 6.45. The zero-order valence-corrected chi connectivity index (χ0v) is 12.1. The molecule has 0 aliphatic carbocycles. The number of hydrogen-bond acceptors (Lipinski definition) is 4. The van der Waals surface area contributed by atoms with Crippen LogP contribution in [0.25, 0.3) is 0 Å². The lowest BCUT2D eigenvalue weighted by Gasteiger charge is -2.36. The Morgan fingerprint density at radius 2 is 2.00 bits per heavy atom. The molecule has 0 saturated carbocycles. The van der Waals surface area contributed by atoms with Gasteiger partial charge in [-0.3, -0.25) is 9.80 Å². The van der Waals surface area contributed by atoms with Crippen molar-refractivity contribution >= 4 is 12.6 Å². The summed E-state index contributed by atoms with van der Waals surface area (Å²) in [6, 6.07) is 8.33. The number of methoxy groups -OCH3 is 1. The highest BCUT2D eigenvalue weighted by molar-refractivity contribution is 7.80. The molecule has 0 bridgehead atoms. The minimum atomic E-state index is 0.365. The van der Waals surface area contributed by atoms with Crippen LogP contribution in [0.3, 0.4) is 0 Å². The molecule has 0 radical (unpaired) electrons. The number of thiol groups is 1. The molecule has 0 amide bonds. The molecule has 1 heterocycles. The number of piperazine rings is 1. The fraction of sp³-hybridized carbons (Fsp3) is 0.571. The Labute approximate surface area is 115 Å². The van der Waals surface area contributed by atoms with Gasteiger partial charge in [0.15, 0.2) is 0 Å². The van der Waals surface area contributed by atoms with Gasteiger partial charge in [-0.1, -0.05) is 12.1 Å². The lowest BCUT2D eigenvalue weighted by molar-refractivity contribution is 0.123. The van der Waals surface area contributed by atoms with Crippen LogP contribution in [0.5, 0.6) is 5.75 Å². The third-order valence-electron chi connectivity index (χ3n) is 3.48. The molecule has 0 N–H and O–H groups in total. The molecule has 4 heteroatoms. The molecule has 2 rings (SSSR count). The molecular formula is C14H22N2OS. The lowest BCUT2D eigenvalue weighted by atomic mass is 10.2. The van der Waals surface area contributed by atoms with E-state index in [9.17, 15) is 0 Å². The summed E-state index contributed by atoms with van der Waals surface area (Å²) < 4.78 is 5.26. The molecule has 100 valence electrons. The number of nitrogens with zero attached hydrogens (tertiary/aromatic N) is 2. The first-order valence-electron chi connectivity index (χ1n) is 6.46. The van der Waals surface area contributed by atoms with Gasteiger partial charge in [-0.2, -0.15) is 12.6 Å². The fourth-order valence-electron chi connectivity index (χ4n) is 2.32. The van der Waals surface area contributed by atoms with E-state index in [2.05, 4.69) is 47.6 Å². The van der Waals surface area contributed by atoms with Crippen LogP contribution < -0.4 is 4.74 Å². The van der Waals surface area contributed by atoms with Gasteiger partial charge < -0.3 is 4.74 Å². The van der Waals surface area contributed by atoms with Crippen LogP contribution in [0.15, 0.2) is 24.3 Å². The molecule has 0 spiro atoms. The van der Waals surface area contributed by atoms with E-state index in [1.165, 1.54) is 5.56 Å². The maximum atomic E-state index is 5.26. The van der Waals surface area contributed by atoms with Gasteiger partial charge in [0.05, 0.1) is 7.11 Å². The molecular weight excluding hydrogens is 244 g/mol. The van der Waals surface area contributed by atoms with Crippen LogP contribution in [0.2, 0.25) is 0 Å². The van der Waals surface area contributed by atoms with Crippen molar-refractivity contribution < 1.29 is 4.74 Å². The Kier molecular flexibility index (Phi) is 4.92. The maximum absolute atomic E-state index is 5.26. The van der Waals surface area contributed by atoms with Gasteiger partial charge in [0.25, 0.3) is 0 Å². The van der Waals surface area contributed by atoms with E-state index in [-0.39, 0.29) is 0 Å². The predicted molar refractivity (Wildman–Crippen MR) is 78.3 cm³/mol. The Morgan fingerprint density at radius 3 is 2.61 bits per heavy atom. The molecule has 1 atom stereocenters. The topological polar surface area (TPSA) is 15.7 Å². The van der Waals surface area contributed by atoms with Crippen LogP contribution in [0, 0.1) is 0 Å². The minimum Gasteiger partial charge on any atom is -0.497 e. The quantitative estimate of drug-likeness (QED) is 0.840. The van der Waals surface area contributed by atoms with E-state index >= 15 is 0 Å². The predicted octanol–water partition coefficient (Wildman–Crippen LogP) is 2.09. The summed E-state index contributed by atoms with van der Waals surface area (Å²) in [6.07, 6.45) is 0. The molecule has 1 aromatic rings.